The molecular formula is C12H10Br. The van der Waals surface area contributed by atoms with Gasteiger partial charge in [0.05, 0.1) is 0 Å². The van der Waals surface area contributed by atoms with E-state index in [1.54, 1.807) is 0 Å². The lowest BCUT2D eigenvalue weighted by molar-refractivity contribution is 1.46. The predicted molar refractivity (Wildman–Crippen MR) is 60.7 cm³/mol. The van der Waals surface area contributed by atoms with Crippen molar-refractivity contribution in [2.24, 2.45) is 0 Å². The van der Waals surface area contributed by atoms with Crippen LogP contribution in [0.25, 0.3) is 10.8 Å². The second-order valence-corrected chi connectivity index (χ2v) is 3.83. The Morgan fingerprint density at radius 1 is 1.00 bits per heavy atom. The summed E-state index contributed by atoms with van der Waals surface area (Å²) in [6.45, 7) is 2.07. The van der Waals surface area contributed by atoms with Crippen LogP contribution >= 0.6 is 15.9 Å². The summed E-state index contributed by atoms with van der Waals surface area (Å²) in [5, 5.41) is 2.58. The van der Waals surface area contributed by atoms with Crippen molar-refractivity contribution < 1.29 is 0 Å². The van der Waals surface area contributed by atoms with E-state index in [0.717, 1.165) is 4.47 Å². The summed E-state index contributed by atoms with van der Waals surface area (Å²) in [6, 6.07) is 12.6. The van der Waals surface area contributed by atoms with E-state index in [-0.39, 0.29) is 0 Å². The van der Waals surface area contributed by atoms with Crippen molar-refractivity contribution in [2.45, 2.75) is 6.92 Å². The number of fused-ring (bicyclic) bond motifs is 1. The van der Waals surface area contributed by atoms with Gasteiger partial charge in [0.2, 0.25) is 0 Å². The van der Waals surface area contributed by atoms with Gasteiger partial charge in [-0.05, 0) is 28.8 Å². The Labute approximate surface area is 86.7 Å². The molecule has 0 aliphatic rings. The van der Waals surface area contributed by atoms with E-state index in [9.17, 15) is 0 Å². The van der Waals surface area contributed by atoms with Gasteiger partial charge in [-0.25, -0.2) is 0 Å². The van der Waals surface area contributed by atoms with Crippen molar-refractivity contribution in [2.75, 3.05) is 0 Å². The Hall–Kier alpha value is -0.820. The van der Waals surface area contributed by atoms with E-state index < -0.39 is 0 Å². The molecule has 0 fully saturated rings. The van der Waals surface area contributed by atoms with Crippen molar-refractivity contribution in [1.82, 2.24) is 0 Å². The Bertz CT molecular complexity index is 432. The highest BCUT2D eigenvalue weighted by atomic mass is 79.9. The van der Waals surface area contributed by atoms with E-state index in [4.69, 9.17) is 0 Å². The molecule has 2 aromatic rings. The normalized spacial score (nSPS) is 10.6. The molecule has 0 amide bonds. The highest BCUT2D eigenvalue weighted by Crippen LogP contribution is 2.27. The average molecular weight is 234 g/mol. The maximum absolute atomic E-state index is 3.55. The largest absolute Gasteiger partial charge is 0.0616 e. The third-order valence-electron chi connectivity index (χ3n) is 2.22. The molecule has 0 N–H and O–H groups in total. The van der Waals surface area contributed by atoms with E-state index >= 15 is 0 Å². The van der Waals surface area contributed by atoms with Crippen molar-refractivity contribution >= 4 is 26.7 Å². The van der Waals surface area contributed by atoms with E-state index in [2.05, 4.69) is 65.7 Å². The van der Waals surface area contributed by atoms with Crippen LogP contribution in [0.3, 0.4) is 0 Å². The smallest absolute Gasteiger partial charge is 0.0253 e. The molecule has 0 saturated carbocycles. The molecule has 0 heterocycles. The second kappa shape index (κ2) is 3.51. The molecule has 0 bridgehead atoms. The van der Waals surface area contributed by atoms with Crippen LogP contribution in [0.1, 0.15) is 12.5 Å². The Morgan fingerprint density at radius 3 is 2.38 bits per heavy atom. The average Bonchev–Trinajstić information content (AvgIpc) is 2.19. The van der Waals surface area contributed by atoms with Crippen LogP contribution in [0.2, 0.25) is 0 Å². The molecule has 65 valence electrons. The summed E-state index contributed by atoms with van der Waals surface area (Å²) in [5.41, 5.74) is 1.29. The van der Waals surface area contributed by atoms with Gasteiger partial charge >= 0.3 is 0 Å². The lowest BCUT2D eigenvalue weighted by Crippen LogP contribution is -1.81. The molecule has 0 atom stereocenters. The van der Waals surface area contributed by atoms with Crippen LogP contribution in [0.4, 0.5) is 0 Å². The number of benzene rings is 2. The molecule has 0 aliphatic carbocycles. The van der Waals surface area contributed by atoms with Gasteiger partial charge in [0.25, 0.3) is 0 Å². The van der Waals surface area contributed by atoms with Crippen molar-refractivity contribution in [3.05, 3.63) is 52.9 Å². The molecule has 0 spiro atoms. The fourth-order valence-corrected chi connectivity index (χ4v) is 2.02. The van der Waals surface area contributed by atoms with E-state index in [1.165, 1.54) is 16.3 Å². The first-order valence-corrected chi connectivity index (χ1v) is 5.09. The van der Waals surface area contributed by atoms with Crippen molar-refractivity contribution in [3.8, 4) is 0 Å². The predicted octanol–water partition coefficient (Wildman–Crippen LogP) is 4.17. The maximum Gasteiger partial charge on any atom is 0.0253 e. The fourth-order valence-electron chi connectivity index (χ4n) is 1.54. The van der Waals surface area contributed by atoms with Gasteiger partial charge in [0, 0.05) is 4.47 Å². The van der Waals surface area contributed by atoms with Crippen LogP contribution in [0.5, 0.6) is 0 Å². The van der Waals surface area contributed by atoms with E-state index in [0.29, 0.717) is 0 Å². The van der Waals surface area contributed by atoms with Crippen molar-refractivity contribution in [3.63, 3.8) is 0 Å². The van der Waals surface area contributed by atoms with Crippen LogP contribution in [-0.2, 0) is 0 Å². The SMILES string of the molecule is C[CH]c1ccc(Br)c2ccccc12. The third kappa shape index (κ3) is 1.49. The monoisotopic (exact) mass is 233 g/mol. The molecule has 0 unspecified atom stereocenters. The summed E-state index contributed by atoms with van der Waals surface area (Å²) < 4.78 is 1.16. The Morgan fingerprint density at radius 2 is 1.69 bits per heavy atom. The molecule has 0 aromatic heterocycles. The van der Waals surface area contributed by atoms with Gasteiger partial charge in [-0.2, -0.15) is 0 Å². The summed E-state index contributed by atoms with van der Waals surface area (Å²) in [4.78, 5) is 0. The molecule has 1 radical (unpaired) electrons. The first-order chi connectivity index (χ1) is 6.33. The number of rotatable bonds is 1. The van der Waals surface area contributed by atoms with Gasteiger partial charge in [-0.1, -0.05) is 53.2 Å². The topological polar surface area (TPSA) is 0 Å². The fraction of sp³-hybridized carbons (Fsp3) is 0.0833. The molecule has 2 rings (SSSR count). The molecular weight excluding hydrogens is 224 g/mol. The van der Waals surface area contributed by atoms with Gasteiger partial charge in [-0.15, -0.1) is 0 Å². The molecule has 0 nitrogen and oxygen atoms in total. The lowest BCUT2D eigenvalue weighted by atomic mass is 10.0. The molecule has 13 heavy (non-hydrogen) atoms. The minimum atomic E-state index is 1.16. The molecule has 2 aromatic carbocycles. The summed E-state index contributed by atoms with van der Waals surface area (Å²) in [7, 11) is 0. The van der Waals surface area contributed by atoms with Gasteiger partial charge in [0.15, 0.2) is 0 Å². The second-order valence-electron chi connectivity index (χ2n) is 2.97. The van der Waals surface area contributed by atoms with Gasteiger partial charge in [0.1, 0.15) is 0 Å². The first-order valence-electron chi connectivity index (χ1n) is 4.29. The Balaban J connectivity index is 2.84. The molecule has 1 heteroatoms. The summed E-state index contributed by atoms with van der Waals surface area (Å²) >= 11 is 3.55. The zero-order valence-corrected chi connectivity index (χ0v) is 9.01. The Kier molecular flexibility index (Phi) is 2.36. The van der Waals surface area contributed by atoms with E-state index in [1.807, 2.05) is 0 Å². The minimum Gasteiger partial charge on any atom is -0.0616 e. The zero-order valence-electron chi connectivity index (χ0n) is 7.42. The quantitative estimate of drug-likeness (QED) is 0.694. The summed E-state index contributed by atoms with van der Waals surface area (Å²) in [5.74, 6) is 0. The highest BCUT2D eigenvalue weighted by molar-refractivity contribution is 9.10. The number of halogens is 1. The number of hydrogen-bond donors (Lipinski definition) is 0. The van der Waals surface area contributed by atoms with Crippen LogP contribution in [0, 0.1) is 6.42 Å². The zero-order chi connectivity index (χ0) is 9.26. The molecule has 0 aliphatic heterocycles. The van der Waals surface area contributed by atoms with Crippen molar-refractivity contribution in [1.29, 1.82) is 0 Å². The number of hydrogen-bond acceptors (Lipinski definition) is 0. The summed E-state index contributed by atoms with van der Waals surface area (Å²) in [6.07, 6.45) is 2.13. The minimum absolute atomic E-state index is 1.16. The van der Waals surface area contributed by atoms with Crippen LogP contribution in [-0.4, -0.2) is 0 Å². The van der Waals surface area contributed by atoms with Crippen LogP contribution in [0.15, 0.2) is 40.9 Å². The van der Waals surface area contributed by atoms with Gasteiger partial charge in [-0.3, -0.25) is 0 Å². The van der Waals surface area contributed by atoms with Crippen LogP contribution < -0.4 is 0 Å². The third-order valence-corrected chi connectivity index (χ3v) is 2.91. The first kappa shape index (κ1) is 8.76. The molecule has 0 saturated heterocycles. The standard InChI is InChI=1S/C12H10Br/c1-2-9-7-8-12(13)11-6-4-3-5-10(9)11/h2-8H,1H3. The lowest BCUT2D eigenvalue weighted by Gasteiger charge is -2.05. The highest BCUT2D eigenvalue weighted by Gasteiger charge is 2.01. The maximum atomic E-state index is 3.55. The van der Waals surface area contributed by atoms with Gasteiger partial charge < -0.3 is 0 Å².